The third kappa shape index (κ3) is 1.20. The number of pyridine rings is 1. The molecule has 0 unspecified atom stereocenters. The van der Waals surface area contributed by atoms with E-state index in [-0.39, 0.29) is 23.8 Å². The average Bonchev–Trinajstić information content (AvgIpc) is 2.47. The van der Waals surface area contributed by atoms with E-state index in [9.17, 15) is 4.39 Å². The van der Waals surface area contributed by atoms with Gasteiger partial charge in [-0.05, 0) is 0 Å². The van der Waals surface area contributed by atoms with Crippen LogP contribution in [-0.2, 0) is 6.61 Å². The molecule has 6 heteroatoms. The Kier molecular flexibility index (Phi) is 1.63. The van der Waals surface area contributed by atoms with Gasteiger partial charge in [0.2, 0.25) is 0 Å². The van der Waals surface area contributed by atoms with E-state index >= 15 is 0 Å². The molecule has 0 aliphatic heterocycles. The molecule has 0 atom stereocenters. The summed E-state index contributed by atoms with van der Waals surface area (Å²) in [5.74, 6) is -0.378. The number of anilines is 1. The summed E-state index contributed by atoms with van der Waals surface area (Å²) >= 11 is 0. The first-order valence-electron chi connectivity index (χ1n) is 3.62. The van der Waals surface area contributed by atoms with Crippen LogP contribution in [0.2, 0.25) is 0 Å². The van der Waals surface area contributed by atoms with Crippen LogP contribution in [0.3, 0.4) is 0 Å². The molecule has 0 saturated heterocycles. The molecule has 0 saturated carbocycles. The normalized spacial score (nSPS) is 10.9. The van der Waals surface area contributed by atoms with E-state index in [0.29, 0.717) is 0 Å². The van der Waals surface area contributed by atoms with Crippen LogP contribution in [-0.4, -0.2) is 19.7 Å². The lowest BCUT2D eigenvalue weighted by atomic mass is 10.4. The monoisotopic (exact) mass is 182 g/mol. The fourth-order valence-electron chi connectivity index (χ4n) is 1.08. The lowest BCUT2D eigenvalue weighted by Crippen LogP contribution is -1.95. The van der Waals surface area contributed by atoms with Gasteiger partial charge in [-0.3, -0.25) is 0 Å². The molecule has 0 aliphatic rings. The third-order valence-corrected chi connectivity index (χ3v) is 1.59. The number of nitrogen functional groups attached to an aromatic ring is 1. The lowest BCUT2D eigenvalue weighted by molar-refractivity contribution is 0.271. The molecule has 0 bridgehead atoms. The Morgan fingerprint density at radius 2 is 2.38 bits per heavy atom. The van der Waals surface area contributed by atoms with Crippen molar-refractivity contribution in [3.8, 4) is 0 Å². The molecule has 2 heterocycles. The molecule has 0 radical (unpaired) electrons. The summed E-state index contributed by atoms with van der Waals surface area (Å²) in [6.07, 6.45) is 1.44. The number of aliphatic hydroxyl groups is 1. The first-order chi connectivity index (χ1) is 6.20. The molecular weight excluding hydrogens is 175 g/mol. The van der Waals surface area contributed by atoms with Crippen LogP contribution in [0.1, 0.15) is 5.82 Å². The molecule has 5 nitrogen and oxygen atoms in total. The number of nitrogens with two attached hydrogens (primary N) is 1. The molecule has 3 N–H and O–H groups in total. The molecule has 0 fully saturated rings. The predicted octanol–water partition coefficient (Wildman–Crippen LogP) is -0.0571. The van der Waals surface area contributed by atoms with E-state index in [2.05, 4.69) is 10.1 Å². The fraction of sp³-hybridized carbons (Fsp3) is 0.143. The maximum absolute atomic E-state index is 13.1. The van der Waals surface area contributed by atoms with E-state index in [4.69, 9.17) is 10.8 Å². The van der Waals surface area contributed by atoms with Gasteiger partial charge >= 0.3 is 0 Å². The van der Waals surface area contributed by atoms with Gasteiger partial charge in [0.25, 0.3) is 0 Å². The Bertz CT molecular complexity index is 453. The molecule has 0 aliphatic carbocycles. The zero-order chi connectivity index (χ0) is 9.42. The van der Waals surface area contributed by atoms with Crippen molar-refractivity contribution in [1.82, 2.24) is 14.6 Å². The Morgan fingerprint density at radius 1 is 1.62 bits per heavy atom. The largest absolute Gasteiger partial charge is 0.397 e. The van der Waals surface area contributed by atoms with Crippen molar-refractivity contribution in [2.75, 3.05) is 5.73 Å². The number of aromatic nitrogens is 3. The summed E-state index contributed by atoms with van der Waals surface area (Å²) < 4.78 is 14.3. The Balaban J connectivity index is 2.75. The third-order valence-electron chi connectivity index (χ3n) is 1.59. The number of rotatable bonds is 1. The van der Waals surface area contributed by atoms with Crippen molar-refractivity contribution in [2.24, 2.45) is 0 Å². The van der Waals surface area contributed by atoms with Crippen LogP contribution in [0.5, 0.6) is 0 Å². The minimum atomic E-state index is -0.549. The molecule has 2 aromatic rings. The van der Waals surface area contributed by atoms with Gasteiger partial charge in [0.1, 0.15) is 6.61 Å². The second-order valence-electron chi connectivity index (χ2n) is 2.58. The first-order valence-corrected chi connectivity index (χ1v) is 3.62. The molecule has 2 aromatic heterocycles. The number of hydrogen-bond donors (Lipinski definition) is 2. The topological polar surface area (TPSA) is 76.4 Å². The number of fused-ring (bicyclic) bond motifs is 1. The Labute approximate surface area is 72.6 Å². The van der Waals surface area contributed by atoms with Crippen LogP contribution < -0.4 is 5.73 Å². The summed E-state index contributed by atoms with van der Waals surface area (Å²) in [6, 6.07) is 1.16. The minimum Gasteiger partial charge on any atom is -0.397 e. The maximum Gasteiger partial charge on any atom is 0.191 e. The second-order valence-corrected chi connectivity index (χ2v) is 2.58. The predicted molar refractivity (Wildman–Crippen MR) is 43.3 cm³/mol. The molecule has 68 valence electrons. The zero-order valence-electron chi connectivity index (χ0n) is 6.61. The van der Waals surface area contributed by atoms with Crippen molar-refractivity contribution in [3.63, 3.8) is 0 Å². The van der Waals surface area contributed by atoms with E-state index in [1.54, 1.807) is 0 Å². The maximum atomic E-state index is 13.1. The summed E-state index contributed by atoms with van der Waals surface area (Å²) in [6.45, 7) is -0.318. The van der Waals surface area contributed by atoms with Crippen LogP contribution in [0.15, 0.2) is 12.3 Å². The van der Waals surface area contributed by atoms with Crippen LogP contribution in [0, 0.1) is 5.82 Å². The van der Waals surface area contributed by atoms with E-state index in [1.807, 2.05) is 0 Å². The summed E-state index contributed by atoms with van der Waals surface area (Å²) in [5.41, 5.74) is 5.72. The highest BCUT2D eigenvalue weighted by Gasteiger charge is 2.07. The number of hydrogen-bond acceptors (Lipinski definition) is 4. The van der Waals surface area contributed by atoms with Gasteiger partial charge in [-0.25, -0.2) is 13.9 Å². The van der Waals surface area contributed by atoms with Gasteiger partial charge in [-0.1, -0.05) is 0 Å². The van der Waals surface area contributed by atoms with Crippen molar-refractivity contribution in [3.05, 3.63) is 23.9 Å². The van der Waals surface area contributed by atoms with Gasteiger partial charge in [0.05, 0.1) is 11.9 Å². The number of aliphatic hydroxyl groups excluding tert-OH is 1. The van der Waals surface area contributed by atoms with Gasteiger partial charge in [0.15, 0.2) is 17.3 Å². The quantitative estimate of drug-likeness (QED) is 0.647. The molecular formula is C7H7FN4O. The van der Waals surface area contributed by atoms with Gasteiger partial charge in [-0.15, -0.1) is 5.10 Å². The highest BCUT2D eigenvalue weighted by Crippen LogP contribution is 2.11. The van der Waals surface area contributed by atoms with Crippen molar-refractivity contribution < 1.29 is 9.50 Å². The average molecular weight is 182 g/mol. The zero-order valence-corrected chi connectivity index (χ0v) is 6.61. The molecule has 0 amide bonds. The minimum absolute atomic E-state index is 0.0678. The smallest absolute Gasteiger partial charge is 0.191 e. The van der Waals surface area contributed by atoms with Gasteiger partial charge in [0, 0.05) is 6.07 Å². The van der Waals surface area contributed by atoms with Crippen molar-refractivity contribution in [1.29, 1.82) is 0 Å². The molecule has 13 heavy (non-hydrogen) atoms. The van der Waals surface area contributed by atoms with E-state index in [1.165, 1.54) is 10.7 Å². The van der Waals surface area contributed by atoms with E-state index < -0.39 is 5.82 Å². The molecule has 0 aromatic carbocycles. The Morgan fingerprint density at radius 3 is 3.08 bits per heavy atom. The molecule has 0 spiro atoms. The lowest BCUT2D eigenvalue weighted by Gasteiger charge is -1.94. The summed E-state index contributed by atoms with van der Waals surface area (Å²) in [4.78, 5) is 3.74. The van der Waals surface area contributed by atoms with Crippen LogP contribution >= 0.6 is 0 Å². The van der Waals surface area contributed by atoms with Crippen LogP contribution in [0.25, 0.3) is 5.65 Å². The highest BCUT2D eigenvalue weighted by atomic mass is 19.1. The van der Waals surface area contributed by atoms with Crippen LogP contribution in [0.4, 0.5) is 10.1 Å². The fourth-order valence-corrected chi connectivity index (χ4v) is 1.08. The molecule has 2 rings (SSSR count). The van der Waals surface area contributed by atoms with Gasteiger partial charge < -0.3 is 10.8 Å². The summed E-state index contributed by atoms with van der Waals surface area (Å²) in [7, 11) is 0. The van der Waals surface area contributed by atoms with Gasteiger partial charge in [-0.2, -0.15) is 0 Å². The van der Waals surface area contributed by atoms with Crippen molar-refractivity contribution in [2.45, 2.75) is 6.61 Å². The highest BCUT2D eigenvalue weighted by molar-refractivity contribution is 5.47. The first kappa shape index (κ1) is 7.93. The SMILES string of the molecule is Nc1cc(F)c2nc(CO)nn2c1. The van der Waals surface area contributed by atoms with Crippen molar-refractivity contribution >= 4 is 11.3 Å². The summed E-state index contributed by atoms with van der Waals surface area (Å²) in [5, 5.41) is 12.5. The van der Waals surface area contributed by atoms with E-state index in [0.717, 1.165) is 6.07 Å². The number of halogens is 1. The standard InChI is InChI=1S/C7H7FN4O/c8-5-1-4(9)2-12-7(5)10-6(3-13)11-12/h1-2,13H,3,9H2. The Hall–Kier alpha value is -1.69. The second kappa shape index (κ2) is 2.67. The number of nitrogens with zero attached hydrogens (tertiary/aromatic N) is 3.